The molecule has 0 spiro atoms. The van der Waals surface area contributed by atoms with Gasteiger partial charge in [0, 0.05) is 45.3 Å². The van der Waals surface area contributed by atoms with Crippen LogP contribution in [-0.4, -0.2) is 49.6 Å². The van der Waals surface area contributed by atoms with Crippen LogP contribution in [-0.2, 0) is 13.1 Å². The molecule has 2 aliphatic rings. The van der Waals surface area contributed by atoms with Crippen molar-refractivity contribution in [3.63, 3.8) is 0 Å². The van der Waals surface area contributed by atoms with Gasteiger partial charge in [0.15, 0.2) is 5.96 Å². The number of rotatable bonds is 6. The molecule has 3 heterocycles. The summed E-state index contributed by atoms with van der Waals surface area (Å²) in [5.41, 5.74) is 2.71. The lowest BCUT2D eigenvalue weighted by Crippen LogP contribution is -2.48. The number of piperidine rings is 2. The van der Waals surface area contributed by atoms with Gasteiger partial charge in [0.05, 0.1) is 5.00 Å². The van der Waals surface area contributed by atoms with Crippen LogP contribution in [0, 0.1) is 0 Å². The molecule has 4 rings (SSSR count). The number of nitrogens with zero attached hydrogens (tertiary/aromatic N) is 3. The summed E-state index contributed by atoms with van der Waals surface area (Å²) in [5, 5.41) is 10.7. The van der Waals surface area contributed by atoms with Crippen molar-refractivity contribution in [2.24, 2.45) is 4.99 Å². The topological polar surface area (TPSA) is 42.9 Å². The SMILES string of the molecule is CN=C(NCc1ccc(CN2CCCCC2C)cc1)NC1CCN(c2cccs2)CC1.I. The summed E-state index contributed by atoms with van der Waals surface area (Å²) in [5.74, 6) is 0.904. The molecule has 2 N–H and O–H groups in total. The monoisotopic (exact) mass is 567 g/mol. The van der Waals surface area contributed by atoms with Gasteiger partial charge in [-0.05, 0) is 67.8 Å². The fourth-order valence-electron chi connectivity index (χ4n) is 4.66. The standard InChI is InChI=1S/C25H37N5S.HI/c1-20-6-3-4-14-30(20)19-22-10-8-21(9-11-22)18-27-25(26-2)28-23-12-15-29(16-13-23)24-7-5-17-31-24;/h5,7-11,17,20,23H,3-4,6,12-16,18-19H2,1-2H3,(H2,26,27,28);1H. The van der Waals surface area contributed by atoms with Crippen LogP contribution in [0.2, 0.25) is 0 Å². The highest BCUT2D eigenvalue weighted by atomic mass is 127. The smallest absolute Gasteiger partial charge is 0.191 e. The van der Waals surface area contributed by atoms with Crippen molar-refractivity contribution in [2.75, 3.05) is 31.6 Å². The molecule has 2 aliphatic heterocycles. The zero-order valence-corrected chi connectivity index (χ0v) is 22.6. The Labute approximate surface area is 214 Å². The molecule has 0 radical (unpaired) electrons. The summed E-state index contributed by atoms with van der Waals surface area (Å²) in [6.07, 6.45) is 6.34. The maximum Gasteiger partial charge on any atom is 0.191 e. The minimum atomic E-state index is 0. The van der Waals surface area contributed by atoms with Gasteiger partial charge in [-0.15, -0.1) is 35.3 Å². The van der Waals surface area contributed by atoms with E-state index in [2.05, 4.69) is 74.1 Å². The number of guanidine groups is 1. The van der Waals surface area contributed by atoms with Gasteiger partial charge in [-0.2, -0.15) is 0 Å². The van der Waals surface area contributed by atoms with E-state index in [1.165, 1.54) is 41.9 Å². The first-order chi connectivity index (χ1) is 15.2. The van der Waals surface area contributed by atoms with Crippen molar-refractivity contribution in [1.82, 2.24) is 15.5 Å². The zero-order chi connectivity index (χ0) is 21.5. The van der Waals surface area contributed by atoms with Gasteiger partial charge in [0.1, 0.15) is 0 Å². The Balaban J connectivity index is 0.00000289. The average molecular weight is 568 g/mol. The lowest BCUT2D eigenvalue weighted by atomic mass is 10.0. The summed E-state index contributed by atoms with van der Waals surface area (Å²) < 4.78 is 0. The normalized spacial score (nSPS) is 20.6. The van der Waals surface area contributed by atoms with E-state index in [1.54, 1.807) is 0 Å². The molecule has 2 fully saturated rings. The number of halogens is 1. The van der Waals surface area contributed by atoms with E-state index in [9.17, 15) is 0 Å². The lowest BCUT2D eigenvalue weighted by Gasteiger charge is -2.33. The maximum absolute atomic E-state index is 4.45. The van der Waals surface area contributed by atoms with Crippen LogP contribution < -0.4 is 15.5 Å². The van der Waals surface area contributed by atoms with Gasteiger partial charge < -0.3 is 15.5 Å². The summed E-state index contributed by atoms with van der Waals surface area (Å²) in [6, 6.07) is 14.6. The Morgan fingerprint density at radius 2 is 1.78 bits per heavy atom. The molecule has 176 valence electrons. The molecule has 0 saturated carbocycles. The predicted octanol–water partition coefficient (Wildman–Crippen LogP) is 5.07. The third-order valence-electron chi connectivity index (χ3n) is 6.69. The Hall–Kier alpha value is -1.32. The van der Waals surface area contributed by atoms with Crippen LogP contribution in [0.15, 0.2) is 46.8 Å². The molecule has 1 aromatic carbocycles. The third-order valence-corrected chi connectivity index (χ3v) is 7.62. The highest BCUT2D eigenvalue weighted by Gasteiger charge is 2.21. The van der Waals surface area contributed by atoms with Crippen molar-refractivity contribution >= 4 is 46.3 Å². The molecule has 2 saturated heterocycles. The highest BCUT2D eigenvalue weighted by Crippen LogP contribution is 2.25. The Morgan fingerprint density at radius 1 is 1.03 bits per heavy atom. The molecule has 0 amide bonds. The number of hydrogen-bond acceptors (Lipinski definition) is 4. The van der Waals surface area contributed by atoms with Crippen molar-refractivity contribution in [3.8, 4) is 0 Å². The Bertz CT molecular complexity index is 815. The van der Waals surface area contributed by atoms with Crippen LogP contribution in [0.1, 0.15) is 50.2 Å². The van der Waals surface area contributed by atoms with E-state index in [4.69, 9.17) is 0 Å². The average Bonchev–Trinajstić information content (AvgIpc) is 3.34. The molecule has 0 aliphatic carbocycles. The molecule has 7 heteroatoms. The van der Waals surface area contributed by atoms with Crippen LogP contribution in [0.3, 0.4) is 0 Å². The van der Waals surface area contributed by atoms with Crippen LogP contribution in [0.5, 0.6) is 0 Å². The Morgan fingerprint density at radius 3 is 2.44 bits per heavy atom. The van der Waals surface area contributed by atoms with E-state index < -0.39 is 0 Å². The number of thiophene rings is 1. The van der Waals surface area contributed by atoms with E-state index >= 15 is 0 Å². The summed E-state index contributed by atoms with van der Waals surface area (Å²) >= 11 is 1.83. The molecule has 32 heavy (non-hydrogen) atoms. The molecular formula is C25H38IN5S. The first-order valence-electron chi connectivity index (χ1n) is 11.8. The quantitative estimate of drug-likeness (QED) is 0.291. The minimum absolute atomic E-state index is 0. The molecule has 0 bridgehead atoms. The van der Waals surface area contributed by atoms with Crippen LogP contribution in [0.25, 0.3) is 0 Å². The van der Waals surface area contributed by atoms with Gasteiger partial charge >= 0.3 is 0 Å². The highest BCUT2D eigenvalue weighted by molar-refractivity contribution is 14.0. The minimum Gasteiger partial charge on any atom is -0.363 e. The number of nitrogens with one attached hydrogen (secondary N) is 2. The first-order valence-corrected chi connectivity index (χ1v) is 12.7. The van der Waals surface area contributed by atoms with Crippen LogP contribution >= 0.6 is 35.3 Å². The van der Waals surface area contributed by atoms with Crippen molar-refractivity contribution in [2.45, 2.75) is 64.2 Å². The molecule has 1 unspecified atom stereocenters. The summed E-state index contributed by atoms with van der Waals surface area (Å²) in [7, 11) is 1.86. The van der Waals surface area contributed by atoms with Crippen molar-refractivity contribution in [3.05, 3.63) is 52.9 Å². The summed E-state index contributed by atoms with van der Waals surface area (Å²) in [4.78, 5) is 9.55. The van der Waals surface area contributed by atoms with Crippen molar-refractivity contribution < 1.29 is 0 Å². The molecule has 1 atom stereocenters. The fraction of sp³-hybridized carbons (Fsp3) is 0.560. The fourth-order valence-corrected chi connectivity index (χ4v) is 5.44. The Kier molecular flexibility index (Phi) is 10.1. The second-order valence-corrected chi connectivity index (χ2v) is 9.84. The number of benzene rings is 1. The summed E-state index contributed by atoms with van der Waals surface area (Å²) in [6.45, 7) is 7.68. The molecule has 1 aromatic heterocycles. The van der Waals surface area contributed by atoms with Gasteiger partial charge in [0.25, 0.3) is 0 Å². The van der Waals surface area contributed by atoms with Gasteiger partial charge in [0.2, 0.25) is 0 Å². The number of aliphatic imine (C=N–C) groups is 1. The predicted molar refractivity (Wildman–Crippen MR) is 148 cm³/mol. The van der Waals surface area contributed by atoms with Gasteiger partial charge in [-0.3, -0.25) is 9.89 Å². The number of hydrogen-bond donors (Lipinski definition) is 2. The van der Waals surface area contributed by atoms with E-state index in [0.29, 0.717) is 12.1 Å². The van der Waals surface area contributed by atoms with Gasteiger partial charge in [-0.1, -0.05) is 30.7 Å². The molecular weight excluding hydrogens is 529 g/mol. The molecule has 5 nitrogen and oxygen atoms in total. The lowest BCUT2D eigenvalue weighted by molar-refractivity contribution is 0.152. The maximum atomic E-state index is 4.45. The number of likely N-dealkylation sites (tertiary alicyclic amines) is 1. The van der Waals surface area contributed by atoms with E-state index in [1.807, 2.05) is 18.4 Å². The van der Waals surface area contributed by atoms with Gasteiger partial charge in [-0.25, -0.2) is 0 Å². The van der Waals surface area contributed by atoms with Crippen molar-refractivity contribution in [1.29, 1.82) is 0 Å². The second kappa shape index (κ2) is 12.8. The third kappa shape index (κ3) is 7.09. The van der Waals surface area contributed by atoms with E-state index in [0.717, 1.165) is 45.0 Å². The first kappa shape index (κ1) is 25.3. The molecule has 2 aromatic rings. The largest absolute Gasteiger partial charge is 0.363 e. The van der Waals surface area contributed by atoms with E-state index in [-0.39, 0.29) is 24.0 Å². The van der Waals surface area contributed by atoms with Crippen LogP contribution in [0.4, 0.5) is 5.00 Å². The number of anilines is 1. The zero-order valence-electron chi connectivity index (χ0n) is 19.4. The second-order valence-electron chi connectivity index (χ2n) is 8.91.